The fraction of sp³-hybridized carbons (Fsp3) is 0.529. The minimum Gasteiger partial charge on any atom is -0.465 e. The van der Waals surface area contributed by atoms with E-state index >= 15 is 0 Å². The van der Waals surface area contributed by atoms with Gasteiger partial charge in [0.1, 0.15) is 5.60 Å². The number of nitrogens with one attached hydrogen (secondary N) is 2. The minimum atomic E-state index is -3.35. The molecule has 0 radical (unpaired) electrons. The van der Waals surface area contributed by atoms with Crippen molar-refractivity contribution in [3.63, 3.8) is 0 Å². The molecule has 1 unspecified atom stereocenters. The first kappa shape index (κ1) is 21.8. The van der Waals surface area contributed by atoms with E-state index in [9.17, 15) is 18.0 Å². The van der Waals surface area contributed by atoms with Crippen molar-refractivity contribution in [3.05, 3.63) is 29.8 Å². The van der Waals surface area contributed by atoms with Crippen LogP contribution in [0.15, 0.2) is 29.2 Å². The number of carbonyl (C=O) groups excluding carboxylic acids is 1. The summed E-state index contributed by atoms with van der Waals surface area (Å²) >= 11 is 0. The SMILES string of the molecule is CCS(=O)(=O)c1ccc([C@@H](NC(=O)OC(C)(C)C)C(C)NC(=O)O)cc1. The average molecular weight is 386 g/mol. The molecule has 0 bridgehead atoms. The summed E-state index contributed by atoms with van der Waals surface area (Å²) in [4.78, 5) is 23.2. The van der Waals surface area contributed by atoms with Crippen LogP contribution in [0.2, 0.25) is 0 Å². The second-order valence-electron chi connectivity index (χ2n) is 6.83. The van der Waals surface area contributed by atoms with Crippen LogP contribution in [-0.4, -0.2) is 43.1 Å². The van der Waals surface area contributed by atoms with Gasteiger partial charge in [-0.3, -0.25) is 0 Å². The van der Waals surface area contributed by atoms with Crippen LogP contribution in [0.3, 0.4) is 0 Å². The number of amides is 2. The molecule has 0 aliphatic rings. The highest BCUT2D eigenvalue weighted by Gasteiger charge is 2.26. The quantitative estimate of drug-likeness (QED) is 0.691. The van der Waals surface area contributed by atoms with Crippen LogP contribution >= 0.6 is 0 Å². The summed E-state index contributed by atoms with van der Waals surface area (Å²) in [7, 11) is -3.35. The Morgan fingerprint density at radius 2 is 1.69 bits per heavy atom. The molecule has 0 heterocycles. The molecule has 0 aliphatic carbocycles. The third kappa shape index (κ3) is 6.55. The van der Waals surface area contributed by atoms with E-state index in [0.717, 1.165) is 0 Å². The lowest BCUT2D eigenvalue weighted by Gasteiger charge is -2.27. The molecule has 2 atom stereocenters. The molecule has 0 aromatic heterocycles. The van der Waals surface area contributed by atoms with Crippen LogP contribution < -0.4 is 10.6 Å². The van der Waals surface area contributed by atoms with Gasteiger partial charge in [0.2, 0.25) is 0 Å². The van der Waals surface area contributed by atoms with E-state index in [1.807, 2.05) is 0 Å². The summed E-state index contributed by atoms with van der Waals surface area (Å²) in [5.41, 5.74) is -0.163. The van der Waals surface area contributed by atoms with Gasteiger partial charge in [0.05, 0.1) is 22.7 Å². The number of benzene rings is 1. The van der Waals surface area contributed by atoms with Crippen LogP contribution in [0.5, 0.6) is 0 Å². The Morgan fingerprint density at radius 1 is 1.15 bits per heavy atom. The molecule has 0 fully saturated rings. The zero-order chi connectivity index (χ0) is 20.1. The maximum absolute atomic E-state index is 12.1. The van der Waals surface area contributed by atoms with Crippen LogP contribution in [0, 0.1) is 0 Å². The number of carbonyl (C=O) groups is 2. The first-order valence-electron chi connectivity index (χ1n) is 8.17. The second-order valence-corrected chi connectivity index (χ2v) is 9.11. The van der Waals surface area contributed by atoms with E-state index in [-0.39, 0.29) is 10.6 Å². The van der Waals surface area contributed by atoms with E-state index in [1.165, 1.54) is 12.1 Å². The maximum Gasteiger partial charge on any atom is 0.408 e. The van der Waals surface area contributed by atoms with Gasteiger partial charge in [-0.2, -0.15) is 0 Å². The first-order chi connectivity index (χ1) is 11.9. The number of rotatable bonds is 6. The van der Waals surface area contributed by atoms with Crippen LogP contribution in [0.4, 0.5) is 9.59 Å². The van der Waals surface area contributed by atoms with Gasteiger partial charge < -0.3 is 20.5 Å². The monoisotopic (exact) mass is 386 g/mol. The van der Waals surface area contributed by atoms with E-state index < -0.39 is 39.7 Å². The Bertz CT molecular complexity index is 738. The van der Waals surface area contributed by atoms with Gasteiger partial charge in [-0.1, -0.05) is 19.1 Å². The molecule has 0 saturated heterocycles. The van der Waals surface area contributed by atoms with Gasteiger partial charge in [0, 0.05) is 0 Å². The normalized spacial score (nSPS) is 14.2. The summed E-state index contributed by atoms with van der Waals surface area (Å²) in [5.74, 6) is -0.0249. The van der Waals surface area contributed by atoms with Gasteiger partial charge in [0.15, 0.2) is 9.84 Å². The Hall–Kier alpha value is -2.29. The van der Waals surface area contributed by atoms with Crippen molar-refractivity contribution in [3.8, 4) is 0 Å². The van der Waals surface area contributed by atoms with E-state index in [1.54, 1.807) is 46.8 Å². The summed E-state index contributed by atoms with van der Waals surface area (Å²) in [5, 5.41) is 13.9. The Morgan fingerprint density at radius 3 is 2.12 bits per heavy atom. The zero-order valence-corrected chi connectivity index (χ0v) is 16.4. The Kier molecular flexibility index (Phi) is 7.02. The maximum atomic E-state index is 12.1. The molecule has 8 nitrogen and oxygen atoms in total. The van der Waals surface area contributed by atoms with Crippen molar-refractivity contribution in [1.82, 2.24) is 10.6 Å². The second kappa shape index (κ2) is 8.39. The van der Waals surface area contributed by atoms with Crippen molar-refractivity contribution in [2.24, 2.45) is 0 Å². The van der Waals surface area contributed by atoms with E-state index in [4.69, 9.17) is 9.84 Å². The fourth-order valence-electron chi connectivity index (χ4n) is 2.26. The number of alkyl carbamates (subject to hydrolysis) is 1. The molecule has 0 spiro atoms. The molecule has 9 heteroatoms. The molecule has 26 heavy (non-hydrogen) atoms. The number of hydrogen-bond donors (Lipinski definition) is 3. The van der Waals surface area contributed by atoms with Gasteiger partial charge >= 0.3 is 12.2 Å². The third-order valence-corrected chi connectivity index (χ3v) is 5.25. The van der Waals surface area contributed by atoms with Gasteiger partial charge in [-0.05, 0) is 45.4 Å². The van der Waals surface area contributed by atoms with Crippen LogP contribution in [0.1, 0.15) is 46.2 Å². The molecule has 2 amide bonds. The molecule has 146 valence electrons. The summed E-state index contributed by atoms with van der Waals surface area (Å²) in [6.07, 6.45) is -1.94. The zero-order valence-electron chi connectivity index (χ0n) is 15.6. The highest BCUT2D eigenvalue weighted by molar-refractivity contribution is 7.91. The fourth-order valence-corrected chi connectivity index (χ4v) is 3.14. The molecular weight excluding hydrogens is 360 g/mol. The van der Waals surface area contributed by atoms with E-state index in [0.29, 0.717) is 5.56 Å². The molecule has 1 aromatic carbocycles. The van der Waals surface area contributed by atoms with Crippen LogP contribution in [-0.2, 0) is 14.6 Å². The number of ether oxygens (including phenoxy) is 1. The molecule has 1 aromatic rings. The van der Waals surface area contributed by atoms with Gasteiger partial charge in [-0.25, -0.2) is 18.0 Å². The lowest BCUT2D eigenvalue weighted by atomic mass is 10.0. The third-order valence-electron chi connectivity index (χ3n) is 3.50. The summed E-state index contributed by atoms with van der Waals surface area (Å²) < 4.78 is 29.1. The topological polar surface area (TPSA) is 122 Å². The highest BCUT2D eigenvalue weighted by Crippen LogP contribution is 2.21. The number of sulfone groups is 1. The smallest absolute Gasteiger partial charge is 0.408 e. The first-order valence-corrected chi connectivity index (χ1v) is 9.82. The lowest BCUT2D eigenvalue weighted by Crippen LogP contribution is -2.45. The molecule has 3 N–H and O–H groups in total. The molecule has 0 saturated carbocycles. The van der Waals surface area contributed by atoms with Crippen molar-refractivity contribution in [1.29, 1.82) is 0 Å². The molecule has 0 aliphatic heterocycles. The van der Waals surface area contributed by atoms with Crippen molar-refractivity contribution >= 4 is 22.0 Å². The van der Waals surface area contributed by atoms with Crippen molar-refractivity contribution in [2.75, 3.05) is 5.75 Å². The average Bonchev–Trinajstić information content (AvgIpc) is 2.50. The summed E-state index contributed by atoms with van der Waals surface area (Å²) in [6, 6.07) is 4.56. The van der Waals surface area contributed by atoms with Gasteiger partial charge in [0.25, 0.3) is 0 Å². The molecular formula is C17H26N2O6S. The summed E-state index contributed by atoms with van der Waals surface area (Å²) in [6.45, 7) is 8.28. The van der Waals surface area contributed by atoms with E-state index in [2.05, 4.69) is 10.6 Å². The Labute approximate surface area is 153 Å². The highest BCUT2D eigenvalue weighted by atomic mass is 32.2. The number of hydrogen-bond acceptors (Lipinski definition) is 5. The lowest BCUT2D eigenvalue weighted by molar-refractivity contribution is 0.0492. The molecule has 1 rings (SSSR count). The predicted molar refractivity (Wildman–Crippen MR) is 96.9 cm³/mol. The Balaban J connectivity index is 3.12. The standard InChI is InChI=1S/C17H26N2O6S/c1-6-26(23,24)13-9-7-12(8-10-13)14(11(2)18-15(20)21)19-16(22)25-17(3,4)5/h7-11,14,18H,6H2,1-5H3,(H,19,22)(H,20,21)/t11?,14-/m0/s1. The minimum absolute atomic E-state index is 0.0249. The van der Waals surface area contributed by atoms with Crippen LogP contribution in [0.25, 0.3) is 0 Å². The number of carboxylic acid groups (broad SMARTS) is 1. The van der Waals surface area contributed by atoms with Gasteiger partial charge in [-0.15, -0.1) is 0 Å². The largest absolute Gasteiger partial charge is 0.465 e. The van der Waals surface area contributed by atoms with Crippen molar-refractivity contribution in [2.45, 2.75) is 57.2 Å². The van der Waals surface area contributed by atoms with Crippen molar-refractivity contribution < 1.29 is 27.9 Å². The predicted octanol–water partition coefficient (Wildman–Crippen LogP) is 2.70.